The van der Waals surface area contributed by atoms with Crippen molar-refractivity contribution in [1.82, 2.24) is 5.32 Å². The van der Waals surface area contributed by atoms with Gasteiger partial charge in [0.2, 0.25) is 5.91 Å². The standard InChI is InChI=1S/C11H20N2O2/c1-8(2)9(6-12)13-10(14)7-15-11(3,4)5/h8-9H,7H2,1-5H3,(H,13,14). The molecular weight excluding hydrogens is 192 g/mol. The molecule has 15 heavy (non-hydrogen) atoms. The second-order valence-corrected chi connectivity index (χ2v) is 4.82. The van der Waals surface area contributed by atoms with Gasteiger partial charge in [-0.1, -0.05) is 13.8 Å². The molecule has 0 aromatic rings. The van der Waals surface area contributed by atoms with E-state index >= 15 is 0 Å². The minimum atomic E-state index is -0.443. The minimum absolute atomic E-state index is 0.00556. The van der Waals surface area contributed by atoms with Crippen LogP contribution in [0, 0.1) is 17.2 Å². The van der Waals surface area contributed by atoms with Crippen molar-refractivity contribution in [3.05, 3.63) is 0 Å². The predicted molar refractivity (Wildman–Crippen MR) is 58.1 cm³/mol. The Labute approximate surface area is 91.6 Å². The number of amides is 1. The molecule has 0 fully saturated rings. The molecule has 4 nitrogen and oxygen atoms in total. The van der Waals surface area contributed by atoms with Crippen molar-refractivity contribution in [1.29, 1.82) is 5.26 Å². The third kappa shape index (κ3) is 6.92. The lowest BCUT2D eigenvalue weighted by molar-refractivity contribution is -0.131. The van der Waals surface area contributed by atoms with Crippen LogP contribution in [0.4, 0.5) is 0 Å². The van der Waals surface area contributed by atoms with Gasteiger partial charge in [-0.15, -0.1) is 0 Å². The molecule has 0 bridgehead atoms. The van der Waals surface area contributed by atoms with Crippen molar-refractivity contribution in [2.24, 2.45) is 5.92 Å². The summed E-state index contributed by atoms with van der Waals surface area (Å²) >= 11 is 0. The molecule has 0 rings (SSSR count). The van der Waals surface area contributed by atoms with Crippen LogP contribution in [0.3, 0.4) is 0 Å². The average Bonchev–Trinajstić information content (AvgIpc) is 2.09. The van der Waals surface area contributed by atoms with Crippen molar-refractivity contribution in [2.45, 2.75) is 46.3 Å². The van der Waals surface area contributed by atoms with Crippen LogP contribution >= 0.6 is 0 Å². The number of rotatable bonds is 4. The smallest absolute Gasteiger partial charge is 0.247 e. The molecular formula is C11H20N2O2. The first-order valence-corrected chi connectivity index (χ1v) is 5.09. The molecule has 1 atom stereocenters. The Morgan fingerprint density at radius 2 is 2.00 bits per heavy atom. The fourth-order valence-corrected chi connectivity index (χ4v) is 0.845. The van der Waals surface area contributed by atoms with E-state index in [-0.39, 0.29) is 24.0 Å². The molecule has 0 radical (unpaired) electrons. The van der Waals surface area contributed by atoms with Gasteiger partial charge in [0.25, 0.3) is 0 Å². The summed E-state index contributed by atoms with van der Waals surface area (Å²) in [5.74, 6) is -0.140. The number of nitrogens with one attached hydrogen (secondary N) is 1. The van der Waals surface area contributed by atoms with Gasteiger partial charge >= 0.3 is 0 Å². The lowest BCUT2D eigenvalue weighted by Gasteiger charge is -2.20. The summed E-state index contributed by atoms with van der Waals surface area (Å²) in [6.45, 7) is 9.41. The second kappa shape index (κ2) is 5.72. The van der Waals surface area contributed by atoms with Crippen LogP contribution in [-0.4, -0.2) is 24.2 Å². The zero-order valence-corrected chi connectivity index (χ0v) is 10.1. The molecule has 0 aliphatic rings. The highest BCUT2D eigenvalue weighted by Gasteiger charge is 2.17. The molecule has 0 aliphatic heterocycles. The first-order valence-electron chi connectivity index (χ1n) is 5.09. The first kappa shape index (κ1) is 13.9. The number of nitriles is 1. The molecule has 0 aromatic heterocycles. The number of nitrogens with zero attached hydrogens (tertiary/aromatic N) is 1. The van der Waals surface area contributed by atoms with Crippen LogP contribution in [-0.2, 0) is 9.53 Å². The molecule has 0 heterocycles. The Kier molecular flexibility index (Phi) is 5.31. The molecule has 1 unspecified atom stereocenters. The predicted octanol–water partition coefficient (Wildman–Crippen LogP) is 1.47. The van der Waals surface area contributed by atoms with Gasteiger partial charge in [0, 0.05) is 0 Å². The summed E-state index contributed by atoms with van der Waals surface area (Å²) in [5.41, 5.74) is -0.336. The number of carbonyl (C=O) groups is 1. The normalized spacial score (nSPS) is 13.4. The van der Waals surface area contributed by atoms with E-state index in [1.54, 1.807) is 0 Å². The Bertz CT molecular complexity index is 248. The zero-order valence-electron chi connectivity index (χ0n) is 10.1. The van der Waals surface area contributed by atoms with Crippen molar-refractivity contribution >= 4 is 5.91 Å². The lowest BCUT2D eigenvalue weighted by atomic mass is 10.1. The lowest BCUT2D eigenvalue weighted by Crippen LogP contribution is -2.40. The fourth-order valence-electron chi connectivity index (χ4n) is 0.845. The third-order valence-electron chi connectivity index (χ3n) is 1.76. The van der Waals surface area contributed by atoms with E-state index in [0.29, 0.717) is 0 Å². The highest BCUT2D eigenvalue weighted by atomic mass is 16.5. The van der Waals surface area contributed by atoms with Crippen LogP contribution in [0.25, 0.3) is 0 Å². The molecule has 86 valence electrons. The maximum Gasteiger partial charge on any atom is 0.247 e. The van der Waals surface area contributed by atoms with Gasteiger partial charge in [0.05, 0.1) is 11.7 Å². The molecule has 0 aliphatic carbocycles. The van der Waals surface area contributed by atoms with Gasteiger partial charge in [0.15, 0.2) is 0 Å². The van der Waals surface area contributed by atoms with E-state index in [1.807, 2.05) is 40.7 Å². The van der Waals surface area contributed by atoms with E-state index < -0.39 is 6.04 Å². The maximum absolute atomic E-state index is 11.4. The quantitative estimate of drug-likeness (QED) is 0.767. The Morgan fingerprint density at radius 3 is 2.33 bits per heavy atom. The van der Waals surface area contributed by atoms with Gasteiger partial charge in [-0.05, 0) is 26.7 Å². The van der Waals surface area contributed by atoms with Gasteiger partial charge in [-0.2, -0.15) is 5.26 Å². The van der Waals surface area contributed by atoms with Crippen LogP contribution in [0.1, 0.15) is 34.6 Å². The summed E-state index contributed by atoms with van der Waals surface area (Å²) in [6.07, 6.45) is 0. The second-order valence-electron chi connectivity index (χ2n) is 4.82. The average molecular weight is 212 g/mol. The molecule has 0 aromatic carbocycles. The van der Waals surface area contributed by atoms with Crippen molar-refractivity contribution in [2.75, 3.05) is 6.61 Å². The Morgan fingerprint density at radius 1 is 1.47 bits per heavy atom. The van der Waals surface area contributed by atoms with Gasteiger partial charge in [-0.25, -0.2) is 0 Å². The van der Waals surface area contributed by atoms with E-state index in [2.05, 4.69) is 5.32 Å². The summed E-state index contributed by atoms with van der Waals surface area (Å²) < 4.78 is 5.29. The first-order chi connectivity index (χ1) is 6.76. The molecule has 0 saturated carbocycles. The largest absolute Gasteiger partial charge is 0.366 e. The summed E-state index contributed by atoms with van der Waals surface area (Å²) in [7, 11) is 0. The maximum atomic E-state index is 11.4. The van der Waals surface area contributed by atoms with E-state index in [9.17, 15) is 4.79 Å². The number of ether oxygens (including phenoxy) is 1. The summed E-state index contributed by atoms with van der Waals surface area (Å²) in [5, 5.41) is 11.4. The topological polar surface area (TPSA) is 62.1 Å². The van der Waals surface area contributed by atoms with E-state index in [0.717, 1.165) is 0 Å². The monoisotopic (exact) mass is 212 g/mol. The Hall–Kier alpha value is -1.08. The number of carbonyl (C=O) groups excluding carboxylic acids is 1. The van der Waals surface area contributed by atoms with Crippen molar-refractivity contribution < 1.29 is 9.53 Å². The molecule has 4 heteroatoms. The molecule has 1 amide bonds. The minimum Gasteiger partial charge on any atom is -0.366 e. The fraction of sp³-hybridized carbons (Fsp3) is 0.818. The van der Waals surface area contributed by atoms with Crippen molar-refractivity contribution in [3.63, 3.8) is 0 Å². The van der Waals surface area contributed by atoms with Crippen LogP contribution < -0.4 is 5.32 Å². The van der Waals surface area contributed by atoms with E-state index in [1.165, 1.54) is 0 Å². The number of hydrogen-bond acceptors (Lipinski definition) is 3. The molecule has 0 saturated heterocycles. The molecule has 1 N–H and O–H groups in total. The highest BCUT2D eigenvalue weighted by Crippen LogP contribution is 2.06. The van der Waals surface area contributed by atoms with Gasteiger partial charge in [-0.3, -0.25) is 4.79 Å². The van der Waals surface area contributed by atoms with Crippen LogP contribution in [0.15, 0.2) is 0 Å². The third-order valence-corrected chi connectivity index (χ3v) is 1.76. The Balaban J connectivity index is 3.99. The van der Waals surface area contributed by atoms with E-state index in [4.69, 9.17) is 10.00 Å². The van der Waals surface area contributed by atoms with Gasteiger partial charge < -0.3 is 10.1 Å². The SMILES string of the molecule is CC(C)C(C#N)NC(=O)COC(C)(C)C. The van der Waals surface area contributed by atoms with Crippen LogP contribution in [0.2, 0.25) is 0 Å². The number of hydrogen-bond donors (Lipinski definition) is 1. The van der Waals surface area contributed by atoms with Gasteiger partial charge in [0.1, 0.15) is 12.6 Å². The zero-order chi connectivity index (χ0) is 12.1. The summed E-state index contributed by atoms with van der Waals surface area (Å²) in [4.78, 5) is 11.4. The van der Waals surface area contributed by atoms with Crippen molar-refractivity contribution in [3.8, 4) is 6.07 Å². The van der Waals surface area contributed by atoms with Crippen LogP contribution in [0.5, 0.6) is 0 Å². The highest BCUT2D eigenvalue weighted by molar-refractivity contribution is 5.77. The molecule has 0 spiro atoms. The summed E-state index contributed by atoms with van der Waals surface area (Å²) in [6, 6.07) is 1.60.